The van der Waals surface area contributed by atoms with Gasteiger partial charge in [0, 0.05) is 13.1 Å². The second-order valence-corrected chi connectivity index (χ2v) is 5.11. The van der Waals surface area contributed by atoms with E-state index in [0.717, 1.165) is 32.5 Å². The largest absolute Gasteiger partial charge is 0.461 e. The molecule has 0 unspecified atom stereocenters. The molecule has 1 fully saturated rings. The Hall–Kier alpha value is -0.610. The molecule has 1 aliphatic rings. The summed E-state index contributed by atoms with van der Waals surface area (Å²) in [5, 5.41) is 0. The molecule has 1 aliphatic heterocycles. The lowest BCUT2D eigenvalue weighted by atomic mass is 9.99. The molecule has 0 saturated carbocycles. The second-order valence-electron chi connectivity index (χ2n) is 5.11. The average Bonchev–Trinajstić information content (AvgIpc) is 2.16. The maximum atomic E-state index is 11.9. The zero-order valence-corrected chi connectivity index (χ0v) is 10.9. The minimum Gasteiger partial charge on any atom is -0.461 e. The van der Waals surface area contributed by atoms with Gasteiger partial charge >= 0.3 is 5.97 Å². The van der Waals surface area contributed by atoms with Gasteiger partial charge in [0.15, 0.2) is 0 Å². The van der Waals surface area contributed by atoms with Gasteiger partial charge in [-0.3, -0.25) is 4.79 Å². The number of carbonyl (C=O) groups excluding carboxylic acids is 1. The van der Waals surface area contributed by atoms with E-state index in [1.54, 1.807) is 0 Å². The van der Waals surface area contributed by atoms with Crippen LogP contribution in [0.3, 0.4) is 0 Å². The Morgan fingerprint density at radius 2 is 2.25 bits per heavy atom. The summed E-state index contributed by atoms with van der Waals surface area (Å²) in [5.41, 5.74) is 0. The topological polar surface area (TPSA) is 32.8 Å². The van der Waals surface area contributed by atoms with Crippen LogP contribution >= 0.6 is 0 Å². The van der Waals surface area contributed by atoms with Crippen LogP contribution in [-0.2, 0) is 9.53 Å². The minimum atomic E-state index is -0.0269. The van der Waals surface area contributed by atoms with Crippen LogP contribution in [-0.4, -0.2) is 62.7 Å². The molecule has 0 spiro atoms. The normalized spacial score (nSPS) is 24.4. The SMILES string of the molecule is C[C@@H](CN(C)C)OC(=O)[C@H]1CCCN(C)C1. The molecule has 4 nitrogen and oxygen atoms in total. The maximum Gasteiger partial charge on any atom is 0.310 e. The van der Waals surface area contributed by atoms with Crippen LogP contribution in [0.4, 0.5) is 0 Å². The van der Waals surface area contributed by atoms with Gasteiger partial charge in [-0.05, 0) is 47.5 Å². The summed E-state index contributed by atoms with van der Waals surface area (Å²) >= 11 is 0. The van der Waals surface area contributed by atoms with E-state index in [2.05, 4.69) is 11.9 Å². The number of nitrogens with zero attached hydrogens (tertiary/aromatic N) is 2. The van der Waals surface area contributed by atoms with Gasteiger partial charge in [0.1, 0.15) is 6.10 Å². The van der Waals surface area contributed by atoms with Crippen LogP contribution in [0.15, 0.2) is 0 Å². The van der Waals surface area contributed by atoms with Gasteiger partial charge in [-0.1, -0.05) is 0 Å². The molecule has 0 bridgehead atoms. The summed E-state index contributed by atoms with van der Waals surface area (Å²) in [6.45, 7) is 4.67. The zero-order valence-electron chi connectivity index (χ0n) is 10.9. The van der Waals surface area contributed by atoms with Crippen molar-refractivity contribution in [2.75, 3.05) is 40.8 Å². The molecule has 0 aliphatic carbocycles. The predicted octanol–water partition coefficient (Wildman–Crippen LogP) is 0.821. The van der Waals surface area contributed by atoms with E-state index in [1.807, 2.05) is 25.9 Å². The van der Waals surface area contributed by atoms with E-state index < -0.39 is 0 Å². The predicted molar refractivity (Wildman–Crippen MR) is 64.3 cm³/mol. The number of piperidine rings is 1. The maximum absolute atomic E-state index is 11.9. The first kappa shape index (κ1) is 13.5. The smallest absolute Gasteiger partial charge is 0.310 e. The van der Waals surface area contributed by atoms with Gasteiger partial charge < -0.3 is 14.5 Å². The molecule has 4 heteroatoms. The second kappa shape index (κ2) is 6.21. The van der Waals surface area contributed by atoms with Crippen molar-refractivity contribution in [3.63, 3.8) is 0 Å². The number of esters is 1. The van der Waals surface area contributed by atoms with Gasteiger partial charge in [-0.15, -0.1) is 0 Å². The van der Waals surface area contributed by atoms with Crippen molar-refractivity contribution in [2.45, 2.75) is 25.9 Å². The fraction of sp³-hybridized carbons (Fsp3) is 0.917. The molecule has 1 rings (SSSR count). The molecule has 1 heterocycles. The quantitative estimate of drug-likeness (QED) is 0.667. The third kappa shape index (κ3) is 4.49. The standard InChI is InChI=1S/C12H24N2O2/c1-10(8-13(2)3)16-12(15)11-6-5-7-14(4)9-11/h10-11H,5-9H2,1-4H3/t10-,11-/m0/s1. The highest BCUT2D eigenvalue weighted by Crippen LogP contribution is 2.17. The zero-order chi connectivity index (χ0) is 12.1. The van der Waals surface area contributed by atoms with Crippen LogP contribution in [0.2, 0.25) is 0 Å². The molecule has 0 N–H and O–H groups in total. The van der Waals surface area contributed by atoms with Crippen LogP contribution in [0.25, 0.3) is 0 Å². The first-order valence-corrected chi connectivity index (χ1v) is 6.03. The molecule has 2 atom stereocenters. The lowest BCUT2D eigenvalue weighted by Gasteiger charge is -2.29. The number of likely N-dealkylation sites (N-methyl/N-ethyl adjacent to an activating group) is 1. The van der Waals surface area contributed by atoms with Crippen molar-refractivity contribution in [2.24, 2.45) is 5.92 Å². The summed E-state index contributed by atoms with van der Waals surface area (Å²) in [6.07, 6.45) is 2.05. The third-order valence-corrected chi connectivity index (χ3v) is 2.90. The highest BCUT2D eigenvalue weighted by atomic mass is 16.5. The number of ether oxygens (including phenoxy) is 1. The van der Waals surface area contributed by atoms with E-state index in [0.29, 0.717) is 0 Å². The van der Waals surface area contributed by atoms with Gasteiger partial charge in [0.05, 0.1) is 5.92 Å². The first-order valence-electron chi connectivity index (χ1n) is 6.03. The highest BCUT2D eigenvalue weighted by molar-refractivity contribution is 5.73. The fourth-order valence-electron chi connectivity index (χ4n) is 2.20. The van der Waals surface area contributed by atoms with Crippen LogP contribution in [0, 0.1) is 5.92 Å². The van der Waals surface area contributed by atoms with Crippen LogP contribution in [0.5, 0.6) is 0 Å². The molecule has 94 valence electrons. The van der Waals surface area contributed by atoms with E-state index in [4.69, 9.17) is 4.74 Å². The summed E-state index contributed by atoms with van der Waals surface area (Å²) in [5.74, 6) is 0.0456. The molecule has 0 aromatic carbocycles. The van der Waals surface area contributed by atoms with Crippen molar-refractivity contribution in [3.05, 3.63) is 0 Å². The van der Waals surface area contributed by atoms with Crippen LogP contribution in [0.1, 0.15) is 19.8 Å². The van der Waals surface area contributed by atoms with Crippen molar-refractivity contribution in [1.29, 1.82) is 0 Å². The molecule has 0 aromatic heterocycles. The van der Waals surface area contributed by atoms with E-state index in [-0.39, 0.29) is 18.0 Å². The van der Waals surface area contributed by atoms with Crippen molar-refractivity contribution in [1.82, 2.24) is 9.80 Å². The highest BCUT2D eigenvalue weighted by Gasteiger charge is 2.26. The Bertz CT molecular complexity index is 231. The number of hydrogen-bond acceptors (Lipinski definition) is 4. The number of likely N-dealkylation sites (tertiary alicyclic amines) is 1. The Balaban J connectivity index is 2.33. The fourth-order valence-corrected chi connectivity index (χ4v) is 2.20. The minimum absolute atomic E-state index is 0.0188. The van der Waals surface area contributed by atoms with Gasteiger partial charge in [-0.25, -0.2) is 0 Å². The molecule has 16 heavy (non-hydrogen) atoms. The van der Waals surface area contributed by atoms with Crippen molar-refractivity contribution >= 4 is 5.97 Å². The molecule has 0 amide bonds. The van der Waals surface area contributed by atoms with Gasteiger partial charge in [0.2, 0.25) is 0 Å². The van der Waals surface area contributed by atoms with Gasteiger partial charge in [0.25, 0.3) is 0 Å². The Labute approximate surface area is 98.5 Å². The first-order chi connectivity index (χ1) is 7.49. The molecule has 0 aromatic rings. The van der Waals surface area contributed by atoms with Gasteiger partial charge in [-0.2, -0.15) is 0 Å². The Kier molecular flexibility index (Phi) is 5.22. The third-order valence-electron chi connectivity index (χ3n) is 2.90. The average molecular weight is 228 g/mol. The molecular weight excluding hydrogens is 204 g/mol. The molecule has 0 radical (unpaired) electrons. The molecule has 1 saturated heterocycles. The summed E-state index contributed by atoms with van der Waals surface area (Å²) < 4.78 is 5.44. The van der Waals surface area contributed by atoms with Crippen LogP contribution < -0.4 is 0 Å². The summed E-state index contributed by atoms with van der Waals surface area (Å²) in [4.78, 5) is 16.1. The van der Waals surface area contributed by atoms with Crippen molar-refractivity contribution in [3.8, 4) is 0 Å². The summed E-state index contributed by atoms with van der Waals surface area (Å²) in [7, 11) is 6.03. The lowest BCUT2D eigenvalue weighted by Crippen LogP contribution is -2.39. The number of rotatable bonds is 4. The number of carbonyl (C=O) groups is 1. The summed E-state index contributed by atoms with van der Waals surface area (Å²) in [6, 6.07) is 0. The van der Waals surface area contributed by atoms with E-state index in [1.165, 1.54) is 0 Å². The van der Waals surface area contributed by atoms with E-state index >= 15 is 0 Å². The Morgan fingerprint density at radius 1 is 1.56 bits per heavy atom. The monoisotopic (exact) mass is 228 g/mol. The van der Waals surface area contributed by atoms with Crippen molar-refractivity contribution < 1.29 is 9.53 Å². The van der Waals surface area contributed by atoms with E-state index in [9.17, 15) is 4.79 Å². The Morgan fingerprint density at radius 3 is 2.81 bits per heavy atom. The lowest BCUT2D eigenvalue weighted by molar-refractivity contribution is -0.155. The molecular formula is C12H24N2O2. The number of hydrogen-bond donors (Lipinski definition) is 0.